The molecule has 0 fully saturated rings. The average Bonchev–Trinajstić information content (AvgIpc) is 3.07. The summed E-state index contributed by atoms with van der Waals surface area (Å²) in [5.74, 6) is -0.0887. The van der Waals surface area contributed by atoms with Gasteiger partial charge in [0.1, 0.15) is 0 Å². The molecule has 0 spiro atoms. The predicted octanol–water partition coefficient (Wildman–Crippen LogP) is 3.56. The van der Waals surface area contributed by atoms with Crippen LogP contribution < -0.4 is 38.9 Å². The number of carbonyl (C=O) groups is 3. The Kier molecular flexibility index (Phi) is 32.2. The van der Waals surface area contributed by atoms with Crippen molar-refractivity contribution in [2.75, 3.05) is 52.4 Å². The first-order valence-electron chi connectivity index (χ1n) is 19.0. The number of unbranched alkanes of at least 4 members (excludes halogenated alkanes) is 11. The number of allylic oxidation sites excluding steroid dienone is 2. The number of aliphatic imine (C=N–C) groups is 2. The Morgan fingerprint density at radius 1 is 0.551 bits per heavy atom. The van der Waals surface area contributed by atoms with Gasteiger partial charge in [-0.2, -0.15) is 0 Å². The SMILES string of the molecule is CCCCCCCC/C=C\CCCCCCCC(=O)NCCCNCCCNC(=O)CCC(=O)N(CCCN=C(N)N)CCCN=C(N)N. The zero-order valence-electron chi connectivity index (χ0n) is 30.8. The first-order chi connectivity index (χ1) is 23.8. The smallest absolute Gasteiger partial charge is 0.223 e. The molecule has 0 atom stereocenters. The van der Waals surface area contributed by atoms with Crippen molar-refractivity contribution in [3.63, 3.8) is 0 Å². The van der Waals surface area contributed by atoms with E-state index in [1.54, 1.807) is 4.90 Å². The van der Waals surface area contributed by atoms with Gasteiger partial charge in [0.05, 0.1) is 0 Å². The van der Waals surface area contributed by atoms with Crippen LogP contribution in [0.5, 0.6) is 0 Å². The molecule has 0 heterocycles. The molecule has 0 aromatic heterocycles. The molecule has 11 N–H and O–H groups in total. The first kappa shape index (κ1) is 45.6. The highest BCUT2D eigenvalue weighted by Crippen LogP contribution is 2.10. The van der Waals surface area contributed by atoms with E-state index in [-0.39, 0.29) is 42.5 Å². The molecule has 0 aromatic rings. The lowest BCUT2D eigenvalue weighted by atomic mass is 10.1. The van der Waals surface area contributed by atoms with Crippen molar-refractivity contribution in [1.29, 1.82) is 0 Å². The molecule has 0 rings (SSSR count). The second kappa shape index (κ2) is 34.5. The van der Waals surface area contributed by atoms with Gasteiger partial charge in [-0.1, -0.05) is 70.4 Å². The van der Waals surface area contributed by atoms with E-state index >= 15 is 0 Å². The molecule has 0 aliphatic rings. The highest BCUT2D eigenvalue weighted by molar-refractivity contribution is 5.83. The van der Waals surface area contributed by atoms with Crippen LogP contribution in [0.1, 0.15) is 135 Å². The number of guanidine groups is 2. The Morgan fingerprint density at radius 2 is 1.02 bits per heavy atom. The zero-order chi connectivity index (χ0) is 36.2. The van der Waals surface area contributed by atoms with Crippen molar-refractivity contribution in [3.05, 3.63) is 12.2 Å². The van der Waals surface area contributed by atoms with Gasteiger partial charge in [0.2, 0.25) is 17.7 Å². The van der Waals surface area contributed by atoms with Gasteiger partial charge in [0.15, 0.2) is 11.9 Å². The van der Waals surface area contributed by atoms with E-state index in [1.807, 2.05) is 0 Å². The van der Waals surface area contributed by atoms with Gasteiger partial charge in [-0.05, 0) is 70.9 Å². The highest BCUT2D eigenvalue weighted by atomic mass is 16.2. The van der Waals surface area contributed by atoms with E-state index in [0.717, 1.165) is 38.8 Å². The molecule has 13 nitrogen and oxygen atoms in total. The number of hydrogen-bond donors (Lipinski definition) is 7. The van der Waals surface area contributed by atoms with E-state index < -0.39 is 0 Å². The molecule has 3 amide bonds. The number of hydrogen-bond acceptors (Lipinski definition) is 6. The minimum atomic E-state index is -0.150. The average molecular weight is 693 g/mol. The molecule has 284 valence electrons. The van der Waals surface area contributed by atoms with E-state index in [2.05, 4.69) is 45.0 Å². The Bertz CT molecular complexity index is 895. The number of nitrogens with two attached hydrogens (primary N) is 4. The third-order valence-corrected chi connectivity index (χ3v) is 8.05. The van der Waals surface area contributed by atoms with Crippen molar-refractivity contribution < 1.29 is 14.4 Å². The van der Waals surface area contributed by atoms with Gasteiger partial charge >= 0.3 is 0 Å². The summed E-state index contributed by atoms with van der Waals surface area (Å²) >= 11 is 0. The van der Waals surface area contributed by atoms with Gasteiger partial charge in [-0.25, -0.2) is 0 Å². The van der Waals surface area contributed by atoms with Gasteiger partial charge < -0.3 is 43.8 Å². The minimum Gasteiger partial charge on any atom is -0.370 e. The lowest BCUT2D eigenvalue weighted by Gasteiger charge is -2.22. The number of carbonyl (C=O) groups excluding carboxylic acids is 3. The van der Waals surface area contributed by atoms with Crippen LogP contribution in [-0.4, -0.2) is 86.9 Å². The maximum absolute atomic E-state index is 12.8. The van der Waals surface area contributed by atoms with Gasteiger partial charge in [-0.15, -0.1) is 0 Å². The largest absolute Gasteiger partial charge is 0.370 e. The van der Waals surface area contributed by atoms with Crippen LogP contribution in [0.15, 0.2) is 22.1 Å². The van der Waals surface area contributed by atoms with Crippen LogP contribution in [0, 0.1) is 0 Å². The summed E-state index contributed by atoms with van der Waals surface area (Å²) in [7, 11) is 0. The molecule has 0 unspecified atom stereocenters. The Balaban J connectivity index is 3.74. The van der Waals surface area contributed by atoms with E-state index in [0.29, 0.717) is 58.5 Å². The molecular weight excluding hydrogens is 620 g/mol. The summed E-state index contributed by atoms with van der Waals surface area (Å²) in [5, 5.41) is 9.23. The standard InChI is InChI=1S/C36H72N10O3/c1-2-3-4-5-6-7-8-9-10-11-12-13-14-15-16-21-32(47)42-26-17-24-41-25-18-27-43-33(48)22-23-34(49)46(30-19-28-44-35(37)38)31-20-29-45-36(39)40/h9-10,41H,2-8,11-31H2,1H3,(H,42,47)(H,43,48)(H4,37,38,44)(H4,39,40,45)/b10-9-. The fourth-order valence-corrected chi connectivity index (χ4v) is 5.22. The number of nitrogens with one attached hydrogen (secondary N) is 3. The third-order valence-electron chi connectivity index (χ3n) is 8.05. The summed E-state index contributed by atoms with van der Waals surface area (Å²) in [6.07, 6.45) is 24.7. The summed E-state index contributed by atoms with van der Waals surface area (Å²) in [5.41, 5.74) is 21.5. The monoisotopic (exact) mass is 693 g/mol. The summed E-state index contributed by atoms with van der Waals surface area (Å²) in [6.45, 7) is 6.82. The molecule has 0 aromatic carbocycles. The summed E-state index contributed by atoms with van der Waals surface area (Å²) in [4.78, 5) is 46.7. The van der Waals surface area contributed by atoms with E-state index in [4.69, 9.17) is 22.9 Å². The van der Waals surface area contributed by atoms with Crippen molar-refractivity contribution in [3.8, 4) is 0 Å². The second-order valence-electron chi connectivity index (χ2n) is 12.7. The van der Waals surface area contributed by atoms with Crippen LogP contribution >= 0.6 is 0 Å². The van der Waals surface area contributed by atoms with E-state index in [1.165, 1.54) is 70.6 Å². The lowest BCUT2D eigenvalue weighted by Crippen LogP contribution is -2.35. The van der Waals surface area contributed by atoms with Crippen LogP contribution in [0.4, 0.5) is 0 Å². The molecule has 0 saturated carbocycles. The topological polar surface area (TPSA) is 219 Å². The molecular formula is C36H72N10O3. The molecule has 0 bridgehead atoms. The van der Waals surface area contributed by atoms with Gasteiger partial charge in [0.25, 0.3) is 0 Å². The highest BCUT2D eigenvalue weighted by Gasteiger charge is 2.14. The van der Waals surface area contributed by atoms with Crippen LogP contribution in [0.2, 0.25) is 0 Å². The molecule has 0 aliphatic carbocycles. The molecule has 0 aliphatic heterocycles. The maximum atomic E-state index is 12.8. The van der Waals surface area contributed by atoms with E-state index in [9.17, 15) is 14.4 Å². The number of rotatable bonds is 34. The van der Waals surface area contributed by atoms with Crippen molar-refractivity contribution in [2.24, 2.45) is 32.9 Å². The van der Waals surface area contributed by atoms with Crippen molar-refractivity contribution in [2.45, 2.75) is 135 Å². The molecule has 0 radical (unpaired) electrons. The maximum Gasteiger partial charge on any atom is 0.223 e. The minimum absolute atomic E-state index is 0.0144. The second-order valence-corrected chi connectivity index (χ2v) is 12.7. The quantitative estimate of drug-likeness (QED) is 0.0228. The Morgan fingerprint density at radius 3 is 1.53 bits per heavy atom. The van der Waals surface area contributed by atoms with Crippen LogP contribution in [-0.2, 0) is 14.4 Å². The summed E-state index contributed by atoms with van der Waals surface area (Å²) < 4.78 is 0. The predicted molar refractivity (Wildman–Crippen MR) is 204 cm³/mol. The van der Waals surface area contributed by atoms with Crippen LogP contribution in [0.25, 0.3) is 0 Å². The molecule has 13 heteroatoms. The first-order valence-corrected chi connectivity index (χ1v) is 19.0. The molecule has 49 heavy (non-hydrogen) atoms. The van der Waals surface area contributed by atoms with Gasteiger partial charge in [0, 0.05) is 58.5 Å². The summed E-state index contributed by atoms with van der Waals surface area (Å²) in [6, 6.07) is 0. The molecule has 0 saturated heterocycles. The normalized spacial score (nSPS) is 11.0. The van der Waals surface area contributed by atoms with Crippen molar-refractivity contribution >= 4 is 29.6 Å². The third kappa shape index (κ3) is 34.3. The van der Waals surface area contributed by atoms with Gasteiger partial charge in [-0.3, -0.25) is 24.4 Å². The Hall–Kier alpha value is -3.35. The fraction of sp³-hybridized carbons (Fsp3) is 0.806. The lowest BCUT2D eigenvalue weighted by molar-refractivity contribution is -0.133. The number of amides is 3. The number of nitrogens with zero attached hydrogens (tertiary/aromatic N) is 3. The Labute approximate surface area is 297 Å². The van der Waals surface area contributed by atoms with Crippen LogP contribution in [0.3, 0.4) is 0 Å². The fourth-order valence-electron chi connectivity index (χ4n) is 5.22. The zero-order valence-corrected chi connectivity index (χ0v) is 30.8. The van der Waals surface area contributed by atoms with Crippen molar-refractivity contribution in [1.82, 2.24) is 20.9 Å².